The number of allylic oxidation sites excluding steroid dienone is 1. The molecule has 0 radical (unpaired) electrons. The Bertz CT molecular complexity index is 412. The first-order chi connectivity index (χ1) is 10.4. The minimum Gasteiger partial charge on any atom is -0.748 e. The Morgan fingerprint density at radius 3 is 2.17 bits per heavy atom. The molecule has 0 aromatic rings. The van der Waals surface area contributed by atoms with Gasteiger partial charge in [-0.15, -0.1) is 6.58 Å². The molecule has 0 bridgehead atoms. The van der Waals surface area contributed by atoms with Gasteiger partial charge in [-0.3, -0.25) is 4.79 Å². The van der Waals surface area contributed by atoms with Crippen LogP contribution in [0.1, 0.15) is 64.2 Å². The number of hydrogen-bond donors (Lipinski definition) is 0. The Labute approximate surface area is 163 Å². The van der Waals surface area contributed by atoms with Crippen molar-refractivity contribution in [2.75, 3.05) is 19.3 Å². The van der Waals surface area contributed by atoms with E-state index >= 15 is 0 Å². The van der Waals surface area contributed by atoms with Crippen molar-refractivity contribution in [3.8, 4) is 0 Å². The maximum atomic E-state index is 11.8. The average Bonchev–Trinajstić information content (AvgIpc) is 2.45. The monoisotopic (exact) mass is 355 g/mol. The third-order valence-corrected chi connectivity index (χ3v) is 4.40. The fourth-order valence-corrected chi connectivity index (χ4v) is 2.77. The van der Waals surface area contributed by atoms with Gasteiger partial charge in [-0.1, -0.05) is 31.8 Å². The number of carbonyl (C=O) groups is 1. The van der Waals surface area contributed by atoms with Crippen LogP contribution in [0.15, 0.2) is 12.7 Å². The van der Waals surface area contributed by atoms with Crippen molar-refractivity contribution in [2.24, 2.45) is 0 Å². The quantitative estimate of drug-likeness (QED) is 0.191. The summed E-state index contributed by atoms with van der Waals surface area (Å²) < 4.78 is 31.4. The standard InChI is InChI=1S/C16H31NO4S.Na/c1-3-4-5-6-7-8-9-10-13-16(18)17(2)14-11-12-15-22(19,20)21;/h3H,1,4-15H2,2H3,(H,19,20,21);/q;+1/p-1. The zero-order chi connectivity index (χ0) is 16.8. The van der Waals surface area contributed by atoms with E-state index in [1.54, 1.807) is 11.9 Å². The molecule has 0 saturated heterocycles. The van der Waals surface area contributed by atoms with Crippen LogP contribution in [0.3, 0.4) is 0 Å². The third-order valence-electron chi connectivity index (χ3n) is 3.61. The van der Waals surface area contributed by atoms with E-state index in [9.17, 15) is 17.8 Å². The number of nitrogens with zero attached hydrogens (tertiary/aromatic N) is 1. The molecule has 0 N–H and O–H groups in total. The van der Waals surface area contributed by atoms with Gasteiger partial charge in [0.15, 0.2) is 0 Å². The van der Waals surface area contributed by atoms with E-state index in [2.05, 4.69) is 6.58 Å². The van der Waals surface area contributed by atoms with E-state index in [1.165, 1.54) is 19.3 Å². The van der Waals surface area contributed by atoms with Gasteiger partial charge in [0.25, 0.3) is 0 Å². The number of rotatable bonds is 14. The SMILES string of the molecule is C=CCCCCCCCCC(=O)N(C)CCCCS(=O)(=O)[O-].[Na+]. The molecule has 0 aromatic heterocycles. The Morgan fingerprint density at radius 1 is 1.04 bits per heavy atom. The van der Waals surface area contributed by atoms with Crippen LogP contribution in [0.2, 0.25) is 0 Å². The molecule has 0 rings (SSSR count). The van der Waals surface area contributed by atoms with E-state index in [0.717, 1.165) is 25.7 Å². The zero-order valence-corrected chi connectivity index (χ0v) is 17.6. The normalized spacial score (nSPS) is 10.9. The molecular weight excluding hydrogens is 325 g/mol. The Hall–Kier alpha value is 0.120. The molecule has 0 saturated carbocycles. The van der Waals surface area contributed by atoms with Gasteiger partial charge < -0.3 is 9.45 Å². The Kier molecular flexibility index (Phi) is 17.2. The molecule has 0 aliphatic rings. The van der Waals surface area contributed by atoms with Crippen molar-refractivity contribution in [1.29, 1.82) is 0 Å². The number of carbonyl (C=O) groups excluding carboxylic acids is 1. The predicted molar refractivity (Wildman–Crippen MR) is 88.6 cm³/mol. The van der Waals surface area contributed by atoms with Gasteiger partial charge >= 0.3 is 29.6 Å². The molecule has 7 heteroatoms. The van der Waals surface area contributed by atoms with Crippen LogP contribution in [0.5, 0.6) is 0 Å². The summed E-state index contributed by atoms with van der Waals surface area (Å²) in [4.78, 5) is 13.5. The molecule has 23 heavy (non-hydrogen) atoms. The van der Waals surface area contributed by atoms with Crippen molar-refractivity contribution < 1.29 is 47.3 Å². The van der Waals surface area contributed by atoms with Gasteiger partial charge in [-0.05, 0) is 32.1 Å². The average molecular weight is 355 g/mol. The smallest absolute Gasteiger partial charge is 0.748 e. The topological polar surface area (TPSA) is 77.5 Å². The number of unbranched alkanes of at least 4 members (excludes halogenated alkanes) is 7. The van der Waals surface area contributed by atoms with Gasteiger partial charge in [-0.2, -0.15) is 0 Å². The van der Waals surface area contributed by atoms with E-state index in [1.807, 2.05) is 6.08 Å². The summed E-state index contributed by atoms with van der Waals surface area (Å²) in [6.07, 6.45) is 11.2. The summed E-state index contributed by atoms with van der Waals surface area (Å²) in [5, 5.41) is 0. The second kappa shape index (κ2) is 15.6. The van der Waals surface area contributed by atoms with Gasteiger partial charge in [0.05, 0.1) is 10.1 Å². The van der Waals surface area contributed by atoms with Gasteiger partial charge in [0, 0.05) is 25.8 Å². The first-order valence-corrected chi connectivity index (χ1v) is 9.73. The fraction of sp³-hybridized carbons (Fsp3) is 0.812. The molecular formula is C16H30NNaO4S. The molecule has 0 aliphatic heterocycles. The van der Waals surface area contributed by atoms with Crippen molar-refractivity contribution in [3.05, 3.63) is 12.7 Å². The largest absolute Gasteiger partial charge is 1.00 e. The number of amides is 1. The Balaban J connectivity index is 0. The molecule has 0 fully saturated rings. The van der Waals surface area contributed by atoms with Crippen molar-refractivity contribution in [2.45, 2.75) is 64.2 Å². The molecule has 5 nitrogen and oxygen atoms in total. The van der Waals surface area contributed by atoms with Gasteiger partial charge in [0.1, 0.15) is 0 Å². The molecule has 1 amide bonds. The molecule has 0 heterocycles. The van der Waals surface area contributed by atoms with Crippen molar-refractivity contribution in [3.63, 3.8) is 0 Å². The van der Waals surface area contributed by atoms with Crippen LogP contribution in [0, 0.1) is 0 Å². The molecule has 130 valence electrons. The Morgan fingerprint density at radius 2 is 1.61 bits per heavy atom. The van der Waals surface area contributed by atoms with Gasteiger partial charge in [-0.25, -0.2) is 8.42 Å². The molecule has 0 unspecified atom stereocenters. The first kappa shape index (κ1) is 25.4. The maximum absolute atomic E-state index is 11.8. The molecule has 0 aliphatic carbocycles. The summed E-state index contributed by atoms with van der Waals surface area (Å²) in [5.41, 5.74) is 0. The predicted octanol–water partition coefficient (Wildman–Crippen LogP) is 0.0810. The minimum absolute atomic E-state index is 0. The molecule has 0 aromatic carbocycles. The van der Waals surface area contributed by atoms with Crippen LogP contribution in [0.25, 0.3) is 0 Å². The second-order valence-corrected chi connectivity index (χ2v) is 7.26. The van der Waals surface area contributed by atoms with Crippen LogP contribution >= 0.6 is 0 Å². The van der Waals surface area contributed by atoms with E-state index < -0.39 is 10.1 Å². The summed E-state index contributed by atoms with van der Waals surface area (Å²) >= 11 is 0. The fourth-order valence-electron chi connectivity index (χ4n) is 2.22. The van der Waals surface area contributed by atoms with Gasteiger partial charge in [0.2, 0.25) is 5.91 Å². The van der Waals surface area contributed by atoms with Crippen molar-refractivity contribution >= 4 is 16.0 Å². The van der Waals surface area contributed by atoms with Crippen molar-refractivity contribution in [1.82, 2.24) is 4.90 Å². The van der Waals surface area contributed by atoms with Crippen LogP contribution in [-0.2, 0) is 14.9 Å². The summed E-state index contributed by atoms with van der Waals surface area (Å²) in [6.45, 7) is 4.20. The first-order valence-electron chi connectivity index (χ1n) is 8.15. The van der Waals surface area contributed by atoms with Crippen LogP contribution in [-0.4, -0.2) is 43.1 Å². The maximum Gasteiger partial charge on any atom is 1.00 e. The second-order valence-electron chi connectivity index (χ2n) is 5.73. The minimum atomic E-state index is -4.13. The zero-order valence-electron chi connectivity index (χ0n) is 14.8. The molecule has 0 spiro atoms. The van der Waals surface area contributed by atoms with E-state index in [0.29, 0.717) is 25.8 Å². The third kappa shape index (κ3) is 18.3. The number of hydrogen-bond acceptors (Lipinski definition) is 4. The van der Waals surface area contributed by atoms with E-state index in [-0.39, 0.29) is 41.2 Å². The van der Waals surface area contributed by atoms with Crippen LogP contribution < -0.4 is 29.6 Å². The summed E-state index contributed by atoms with van der Waals surface area (Å²) in [5.74, 6) is -0.252. The van der Waals surface area contributed by atoms with E-state index in [4.69, 9.17) is 0 Å². The van der Waals surface area contributed by atoms with Crippen LogP contribution in [0.4, 0.5) is 0 Å². The summed E-state index contributed by atoms with van der Waals surface area (Å²) in [6, 6.07) is 0. The summed E-state index contributed by atoms with van der Waals surface area (Å²) in [7, 11) is -2.40. The molecule has 0 atom stereocenters.